The van der Waals surface area contributed by atoms with Crippen molar-refractivity contribution in [2.24, 2.45) is 0 Å². The van der Waals surface area contributed by atoms with Crippen LogP contribution in [0.2, 0.25) is 0 Å². The largest absolute Gasteiger partial charge is 0.493 e. The van der Waals surface area contributed by atoms with Gasteiger partial charge in [0.15, 0.2) is 11.5 Å². The zero-order chi connectivity index (χ0) is 23.2. The van der Waals surface area contributed by atoms with Gasteiger partial charge >= 0.3 is 5.97 Å². The van der Waals surface area contributed by atoms with E-state index in [1.54, 1.807) is 24.3 Å². The summed E-state index contributed by atoms with van der Waals surface area (Å²) in [4.78, 5) is 28.5. The number of para-hydroxylation sites is 1. The van der Waals surface area contributed by atoms with Gasteiger partial charge in [0, 0.05) is 5.39 Å². The molecule has 0 aliphatic heterocycles. The van der Waals surface area contributed by atoms with E-state index in [1.807, 2.05) is 60.7 Å². The number of hydrogen-bond donors (Lipinski definition) is 1. The number of methoxy groups -OCH3 is 1. The van der Waals surface area contributed by atoms with Gasteiger partial charge in [-0.2, -0.15) is 0 Å². The third kappa shape index (κ3) is 5.07. The van der Waals surface area contributed by atoms with Crippen LogP contribution in [0.5, 0.6) is 11.5 Å². The Morgan fingerprint density at radius 2 is 1.67 bits per heavy atom. The van der Waals surface area contributed by atoms with Crippen LogP contribution in [0.1, 0.15) is 16.8 Å². The molecule has 4 rings (SSSR count). The molecule has 6 nitrogen and oxygen atoms in total. The van der Waals surface area contributed by atoms with E-state index >= 15 is 0 Å². The number of carbonyl (C=O) groups excluding carboxylic acids is 1. The molecule has 0 atom stereocenters. The lowest BCUT2D eigenvalue weighted by molar-refractivity contribution is -0.146. The van der Waals surface area contributed by atoms with Crippen LogP contribution >= 0.6 is 0 Å². The molecule has 0 bridgehead atoms. The van der Waals surface area contributed by atoms with Crippen LogP contribution < -0.4 is 9.47 Å². The topological polar surface area (TPSA) is 85.7 Å². The number of rotatable bonds is 8. The molecule has 0 amide bonds. The Bertz CT molecular complexity index is 1350. The molecule has 1 N–H and O–H groups in total. The first-order valence-corrected chi connectivity index (χ1v) is 10.3. The number of Topliss-reactive ketones (excluding diaryl/α,β-unsaturated/α-hetero) is 1. The van der Waals surface area contributed by atoms with Gasteiger partial charge in [0.1, 0.15) is 6.61 Å². The van der Waals surface area contributed by atoms with Crippen LogP contribution in [0.4, 0.5) is 0 Å². The molecule has 0 saturated carbocycles. The van der Waals surface area contributed by atoms with Crippen LogP contribution in [-0.2, 0) is 16.2 Å². The molecule has 33 heavy (non-hydrogen) atoms. The highest BCUT2D eigenvalue weighted by molar-refractivity contribution is 6.52. The van der Waals surface area contributed by atoms with Crippen LogP contribution in [0.25, 0.3) is 22.6 Å². The molecule has 1 heterocycles. The molecular formula is C27H21NO5. The fraction of sp³-hybridized carbons (Fsp3) is 0.0741. The van der Waals surface area contributed by atoms with Crippen molar-refractivity contribution in [2.45, 2.75) is 6.61 Å². The molecule has 0 unspecified atom stereocenters. The van der Waals surface area contributed by atoms with Gasteiger partial charge in [-0.15, -0.1) is 0 Å². The van der Waals surface area contributed by atoms with Crippen molar-refractivity contribution in [3.05, 3.63) is 102 Å². The van der Waals surface area contributed by atoms with E-state index in [0.29, 0.717) is 29.2 Å². The molecule has 1 aromatic heterocycles. The van der Waals surface area contributed by atoms with Crippen molar-refractivity contribution in [1.29, 1.82) is 0 Å². The summed E-state index contributed by atoms with van der Waals surface area (Å²) in [6.45, 7) is 0.371. The van der Waals surface area contributed by atoms with Gasteiger partial charge in [-0.25, -0.2) is 9.78 Å². The van der Waals surface area contributed by atoms with E-state index < -0.39 is 11.8 Å². The predicted molar refractivity (Wildman–Crippen MR) is 126 cm³/mol. The first-order valence-electron chi connectivity index (χ1n) is 10.3. The average Bonchev–Trinajstić information content (AvgIpc) is 2.86. The lowest BCUT2D eigenvalue weighted by Gasteiger charge is -2.12. The molecule has 6 heteroatoms. The summed E-state index contributed by atoms with van der Waals surface area (Å²) in [5.74, 6) is -1.59. The number of ketones is 1. The minimum Gasteiger partial charge on any atom is -0.493 e. The molecule has 3 aromatic carbocycles. The van der Waals surface area contributed by atoms with Gasteiger partial charge < -0.3 is 14.6 Å². The summed E-state index contributed by atoms with van der Waals surface area (Å²) in [5, 5.41) is 10.3. The quantitative estimate of drug-likeness (QED) is 0.307. The molecular weight excluding hydrogens is 418 g/mol. The van der Waals surface area contributed by atoms with E-state index in [-0.39, 0.29) is 11.3 Å². The van der Waals surface area contributed by atoms with E-state index in [2.05, 4.69) is 4.98 Å². The van der Waals surface area contributed by atoms with Crippen molar-refractivity contribution in [3.63, 3.8) is 0 Å². The standard InChI is InChI=1S/C27H21NO5/c1-32-25-16-19(11-14-24(25)33-17-18-7-3-2-4-8-18)15-21(26(29)27(30)31)23-13-12-20-9-5-6-10-22(20)28-23/h2-16H,17H2,1H3,(H,30,31). The lowest BCUT2D eigenvalue weighted by atomic mass is 10.0. The normalized spacial score (nSPS) is 11.2. The van der Waals surface area contributed by atoms with Crippen LogP contribution in [0.3, 0.4) is 0 Å². The minimum atomic E-state index is -1.55. The number of pyridine rings is 1. The second-order valence-corrected chi connectivity index (χ2v) is 7.27. The number of nitrogens with zero attached hydrogens (tertiary/aromatic N) is 1. The number of fused-ring (bicyclic) bond motifs is 1. The predicted octanol–water partition coefficient (Wildman–Crippen LogP) is 5.02. The molecule has 4 aromatic rings. The Hall–Kier alpha value is -4.45. The minimum absolute atomic E-state index is 0.0201. The fourth-order valence-electron chi connectivity index (χ4n) is 3.38. The Morgan fingerprint density at radius 1 is 0.909 bits per heavy atom. The first kappa shape index (κ1) is 21.8. The number of carboxylic acid groups (broad SMARTS) is 1. The number of benzene rings is 3. The van der Waals surface area contributed by atoms with Gasteiger partial charge in [0.2, 0.25) is 0 Å². The van der Waals surface area contributed by atoms with Gasteiger partial charge in [-0.05, 0) is 41.5 Å². The molecule has 0 radical (unpaired) electrons. The van der Waals surface area contributed by atoms with Gasteiger partial charge in [0.25, 0.3) is 5.78 Å². The van der Waals surface area contributed by atoms with Crippen molar-refractivity contribution < 1.29 is 24.2 Å². The van der Waals surface area contributed by atoms with E-state index in [9.17, 15) is 14.7 Å². The third-order valence-electron chi connectivity index (χ3n) is 5.05. The van der Waals surface area contributed by atoms with E-state index in [1.165, 1.54) is 13.2 Å². The molecule has 0 spiro atoms. The Balaban J connectivity index is 1.68. The zero-order valence-electron chi connectivity index (χ0n) is 17.9. The Labute approximate surface area is 190 Å². The number of aliphatic carboxylic acids is 1. The number of aromatic nitrogens is 1. The monoisotopic (exact) mass is 439 g/mol. The highest BCUT2D eigenvalue weighted by Gasteiger charge is 2.21. The maximum Gasteiger partial charge on any atom is 0.377 e. The molecule has 0 fully saturated rings. The SMILES string of the molecule is COc1cc(C=C(C(=O)C(=O)O)c2ccc3ccccc3n2)ccc1OCc1ccccc1. The van der Waals surface area contributed by atoms with Gasteiger partial charge in [0.05, 0.1) is 23.9 Å². The first-order chi connectivity index (χ1) is 16.0. The van der Waals surface area contributed by atoms with Crippen molar-refractivity contribution in [1.82, 2.24) is 4.98 Å². The van der Waals surface area contributed by atoms with Gasteiger partial charge in [-0.1, -0.05) is 60.7 Å². The number of carboxylic acids is 1. The smallest absolute Gasteiger partial charge is 0.377 e. The summed E-state index contributed by atoms with van der Waals surface area (Å²) < 4.78 is 11.3. The van der Waals surface area contributed by atoms with E-state index in [4.69, 9.17) is 9.47 Å². The van der Waals surface area contributed by atoms with Crippen LogP contribution in [0, 0.1) is 0 Å². The number of ether oxygens (including phenoxy) is 2. The summed E-state index contributed by atoms with van der Waals surface area (Å²) in [7, 11) is 1.52. The van der Waals surface area contributed by atoms with E-state index in [0.717, 1.165) is 10.9 Å². The molecule has 0 saturated heterocycles. The maximum absolute atomic E-state index is 12.5. The van der Waals surface area contributed by atoms with Crippen LogP contribution in [-0.4, -0.2) is 29.0 Å². The van der Waals surface area contributed by atoms with Crippen molar-refractivity contribution >= 4 is 34.3 Å². The second kappa shape index (κ2) is 9.78. The van der Waals surface area contributed by atoms with Gasteiger partial charge in [-0.3, -0.25) is 4.79 Å². The Kier molecular flexibility index (Phi) is 6.45. The average molecular weight is 439 g/mol. The number of carbonyl (C=O) groups is 2. The summed E-state index contributed by atoms with van der Waals surface area (Å²) in [6, 6.07) is 25.8. The molecule has 0 aliphatic carbocycles. The number of hydrogen-bond acceptors (Lipinski definition) is 5. The zero-order valence-corrected chi connectivity index (χ0v) is 17.9. The lowest BCUT2D eigenvalue weighted by Crippen LogP contribution is -2.15. The highest BCUT2D eigenvalue weighted by atomic mass is 16.5. The third-order valence-corrected chi connectivity index (χ3v) is 5.05. The van der Waals surface area contributed by atoms with Crippen LogP contribution in [0.15, 0.2) is 84.9 Å². The molecule has 164 valence electrons. The maximum atomic E-state index is 12.5. The van der Waals surface area contributed by atoms with Crippen molar-refractivity contribution in [2.75, 3.05) is 7.11 Å². The fourth-order valence-corrected chi connectivity index (χ4v) is 3.38. The Morgan fingerprint density at radius 3 is 2.42 bits per heavy atom. The summed E-state index contributed by atoms with van der Waals surface area (Å²) >= 11 is 0. The summed E-state index contributed by atoms with van der Waals surface area (Å²) in [5.41, 5.74) is 2.53. The second-order valence-electron chi connectivity index (χ2n) is 7.27. The molecule has 0 aliphatic rings. The summed E-state index contributed by atoms with van der Waals surface area (Å²) in [6.07, 6.45) is 1.50. The highest BCUT2D eigenvalue weighted by Crippen LogP contribution is 2.31. The van der Waals surface area contributed by atoms with Crippen molar-refractivity contribution in [3.8, 4) is 11.5 Å².